The summed E-state index contributed by atoms with van der Waals surface area (Å²) in [6.07, 6.45) is 2.62. The molecule has 0 spiro atoms. The van der Waals surface area contributed by atoms with Gasteiger partial charge in [-0.1, -0.05) is 6.42 Å². The van der Waals surface area contributed by atoms with E-state index in [1.54, 1.807) is 0 Å². The summed E-state index contributed by atoms with van der Waals surface area (Å²) < 4.78 is 0. The lowest BCUT2D eigenvalue weighted by Gasteiger charge is -2.18. The summed E-state index contributed by atoms with van der Waals surface area (Å²) >= 11 is 0. The number of carbonyl (C=O) groups is 2. The van der Waals surface area contributed by atoms with Crippen molar-refractivity contribution < 1.29 is 9.59 Å². The van der Waals surface area contributed by atoms with Gasteiger partial charge >= 0.3 is 0 Å². The molecule has 0 aromatic carbocycles. The van der Waals surface area contributed by atoms with E-state index in [9.17, 15) is 9.59 Å². The number of hydrogen-bond acceptors (Lipinski definition) is 3. The number of nitrogens with two attached hydrogens (primary N) is 1. The van der Waals surface area contributed by atoms with Gasteiger partial charge in [-0.3, -0.25) is 15.0 Å². The molecule has 2 atom stereocenters. The van der Waals surface area contributed by atoms with Gasteiger partial charge in [0, 0.05) is 13.0 Å². The largest absolute Gasteiger partial charge is 0.353 e. The Morgan fingerprint density at radius 3 is 2.62 bits per heavy atom. The summed E-state index contributed by atoms with van der Waals surface area (Å²) in [5.41, 5.74) is 2.12. The molecule has 2 unspecified atom stereocenters. The van der Waals surface area contributed by atoms with E-state index in [0.717, 1.165) is 19.3 Å². The van der Waals surface area contributed by atoms with Gasteiger partial charge in [-0.15, -0.1) is 0 Å². The van der Waals surface area contributed by atoms with E-state index in [1.807, 2.05) is 0 Å². The molecule has 0 bridgehead atoms. The summed E-state index contributed by atoms with van der Waals surface area (Å²) in [5.74, 6) is 4.59. The molecule has 0 heterocycles. The van der Waals surface area contributed by atoms with Gasteiger partial charge in [-0.05, 0) is 12.8 Å². The van der Waals surface area contributed by atoms with E-state index in [4.69, 9.17) is 5.84 Å². The van der Waals surface area contributed by atoms with Crippen LogP contribution in [0.15, 0.2) is 0 Å². The molecule has 0 aliphatic heterocycles. The molecule has 1 saturated carbocycles. The van der Waals surface area contributed by atoms with Crippen LogP contribution in [0.5, 0.6) is 0 Å². The first-order valence-corrected chi connectivity index (χ1v) is 4.42. The van der Waals surface area contributed by atoms with Crippen LogP contribution < -0.4 is 16.6 Å². The number of nitrogens with one attached hydrogen (secondary N) is 2. The summed E-state index contributed by atoms with van der Waals surface area (Å²) in [6, 6.07) is -0.0407. The molecule has 13 heavy (non-hydrogen) atoms. The van der Waals surface area contributed by atoms with Gasteiger partial charge in [0.2, 0.25) is 11.8 Å². The zero-order valence-electron chi connectivity index (χ0n) is 7.67. The van der Waals surface area contributed by atoms with Gasteiger partial charge in [0.05, 0.1) is 5.92 Å². The number of hydrogen-bond donors (Lipinski definition) is 3. The van der Waals surface area contributed by atoms with Crippen molar-refractivity contribution in [3.63, 3.8) is 0 Å². The second-order valence-electron chi connectivity index (χ2n) is 3.35. The van der Waals surface area contributed by atoms with Crippen molar-refractivity contribution in [3.05, 3.63) is 0 Å². The summed E-state index contributed by atoms with van der Waals surface area (Å²) in [6.45, 7) is 1.45. The second kappa shape index (κ2) is 4.23. The third-order valence-corrected chi connectivity index (χ3v) is 2.38. The van der Waals surface area contributed by atoms with Crippen LogP contribution in [0.1, 0.15) is 26.2 Å². The van der Waals surface area contributed by atoms with Crippen molar-refractivity contribution in [2.24, 2.45) is 11.8 Å². The summed E-state index contributed by atoms with van der Waals surface area (Å²) in [5, 5.41) is 2.75. The average molecular weight is 185 g/mol. The maximum atomic E-state index is 11.2. The molecule has 1 rings (SSSR count). The molecule has 4 N–H and O–H groups in total. The minimum atomic E-state index is -0.184. The van der Waals surface area contributed by atoms with Crippen LogP contribution in [0.3, 0.4) is 0 Å². The first-order chi connectivity index (χ1) is 6.15. The van der Waals surface area contributed by atoms with Crippen LogP contribution in [-0.2, 0) is 9.59 Å². The third-order valence-electron chi connectivity index (χ3n) is 2.38. The highest BCUT2D eigenvalue weighted by Gasteiger charge is 2.32. The zero-order valence-corrected chi connectivity index (χ0v) is 7.67. The molecule has 2 amide bonds. The third kappa shape index (κ3) is 2.42. The van der Waals surface area contributed by atoms with E-state index < -0.39 is 0 Å². The Morgan fingerprint density at radius 1 is 1.38 bits per heavy atom. The van der Waals surface area contributed by atoms with Crippen molar-refractivity contribution in [1.82, 2.24) is 10.7 Å². The molecule has 0 saturated heterocycles. The number of hydrazine groups is 1. The fourth-order valence-corrected chi connectivity index (χ4v) is 1.81. The minimum Gasteiger partial charge on any atom is -0.353 e. The van der Waals surface area contributed by atoms with Crippen molar-refractivity contribution in [2.75, 3.05) is 0 Å². The molecule has 5 nitrogen and oxygen atoms in total. The smallest absolute Gasteiger partial charge is 0.239 e. The highest BCUT2D eigenvalue weighted by atomic mass is 16.2. The van der Waals surface area contributed by atoms with Crippen LogP contribution in [0, 0.1) is 5.92 Å². The molecule has 0 radical (unpaired) electrons. The SMILES string of the molecule is CC(=O)NC1CCCC1C(=O)NN. The number of rotatable bonds is 2. The fourth-order valence-electron chi connectivity index (χ4n) is 1.81. The molecule has 74 valence electrons. The maximum absolute atomic E-state index is 11.2. The van der Waals surface area contributed by atoms with Crippen LogP contribution in [0.2, 0.25) is 0 Å². The Kier molecular flexibility index (Phi) is 3.25. The number of carbonyl (C=O) groups excluding carboxylic acids is 2. The monoisotopic (exact) mass is 185 g/mol. The maximum Gasteiger partial charge on any atom is 0.239 e. The molecule has 0 aromatic rings. The van der Waals surface area contributed by atoms with Gasteiger partial charge < -0.3 is 5.32 Å². The Balaban J connectivity index is 2.53. The van der Waals surface area contributed by atoms with Gasteiger partial charge in [0.1, 0.15) is 0 Å². The van der Waals surface area contributed by atoms with E-state index in [2.05, 4.69) is 10.7 Å². The molecule has 1 aliphatic rings. The quantitative estimate of drug-likeness (QED) is 0.301. The standard InChI is InChI=1S/C8H15N3O2/c1-5(12)10-7-4-2-3-6(7)8(13)11-9/h6-7H,2-4,9H2,1H3,(H,10,12)(H,11,13). The van der Waals surface area contributed by atoms with Crippen molar-refractivity contribution >= 4 is 11.8 Å². The average Bonchev–Trinajstić information content (AvgIpc) is 2.50. The molecule has 5 heteroatoms. The topological polar surface area (TPSA) is 84.2 Å². The molecular weight excluding hydrogens is 170 g/mol. The predicted molar refractivity (Wildman–Crippen MR) is 47.3 cm³/mol. The lowest BCUT2D eigenvalue weighted by molar-refractivity contribution is -0.126. The van der Waals surface area contributed by atoms with E-state index in [-0.39, 0.29) is 23.8 Å². The van der Waals surface area contributed by atoms with Gasteiger partial charge in [-0.2, -0.15) is 0 Å². The fraction of sp³-hybridized carbons (Fsp3) is 0.750. The van der Waals surface area contributed by atoms with E-state index >= 15 is 0 Å². The predicted octanol–water partition coefficient (Wildman–Crippen LogP) is -0.719. The highest BCUT2D eigenvalue weighted by Crippen LogP contribution is 2.25. The van der Waals surface area contributed by atoms with Crippen LogP contribution in [0.4, 0.5) is 0 Å². The lowest BCUT2D eigenvalue weighted by atomic mass is 10.0. The Bertz CT molecular complexity index is 217. The summed E-state index contributed by atoms with van der Waals surface area (Å²) in [4.78, 5) is 22.0. The van der Waals surface area contributed by atoms with Crippen molar-refractivity contribution in [3.8, 4) is 0 Å². The van der Waals surface area contributed by atoms with Gasteiger partial charge in [-0.25, -0.2) is 5.84 Å². The lowest BCUT2D eigenvalue weighted by Crippen LogP contribution is -2.45. The second-order valence-corrected chi connectivity index (χ2v) is 3.35. The van der Waals surface area contributed by atoms with Crippen LogP contribution >= 0.6 is 0 Å². The Labute approximate surface area is 77.0 Å². The zero-order chi connectivity index (χ0) is 9.84. The van der Waals surface area contributed by atoms with Crippen molar-refractivity contribution in [2.45, 2.75) is 32.2 Å². The molecule has 0 aromatic heterocycles. The van der Waals surface area contributed by atoms with E-state index in [1.165, 1.54) is 6.92 Å². The molecule has 1 fully saturated rings. The molecule has 1 aliphatic carbocycles. The van der Waals surface area contributed by atoms with Gasteiger partial charge in [0.15, 0.2) is 0 Å². The van der Waals surface area contributed by atoms with Crippen LogP contribution in [0.25, 0.3) is 0 Å². The summed E-state index contributed by atoms with van der Waals surface area (Å²) in [7, 11) is 0. The van der Waals surface area contributed by atoms with Crippen LogP contribution in [-0.4, -0.2) is 17.9 Å². The first-order valence-electron chi connectivity index (χ1n) is 4.42. The Morgan fingerprint density at radius 2 is 2.08 bits per heavy atom. The normalized spacial score (nSPS) is 26.9. The first kappa shape index (κ1) is 9.98. The Hall–Kier alpha value is -1.10. The highest BCUT2D eigenvalue weighted by molar-refractivity contribution is 5.80. The van der Waals surface area contributed by atoms with Crippen molar-refractivity contribution in [1.29, 1.82) is 0 Å². The minimum absolute atomic E-state index is 0.0407. The van der Waals surface area contributed by atoms with Gasteiger partial charge in [0.25, 0.3) is 0 Å². The number of amides is 2. The molecular formula is C8H15N3O2. The van der Waals surface area contributed by atoms with E-state index in [0.29, 0.717) is 0 Å².